The third-order valence-corrected chi connectivity index (χ3v) is 3.54. The summed E-state index contributed by atoms with van der Waals surface area (Å²) in [6, 6.07) is 4.26. The molecule has 84 valence electrons. The van der Waals surface area contributed by atoms with Crippen LogP contribution in [0.5, 0.6) is 5.75 Å². The third-order valence-electron chi connectivity index (χ3n) is 2.53. The lowest BCUT2D eigenvalue weighted by molar-refractivity contribution is 0.408. The molecule has 0 fully saturated rings. The second-order valence-corrected chi connectivity index (χ2v) is 4.80. The van der Waals surface area contributed by atoms with E-state index in [0.29, 0.717) is 0 Å². The smallest absolute Gasteiger partial charge is 0.124 e. The molecule has 0 aliphatic carbocycles. The van der Waals surface area contributed by atoms with Gasteiger partial charge in [0.1, 0.15) is 10.8 Å². The molecule has 0 spiro atoms. The Morgan fingerprint density at radius 3 is 2.19 bits per heavy atom. The molecule has 0 saturated carbocycles. The molecule has 1 heterocycles. The largest absolute Gasteiger partial charge is 0.496 e. The Morgan fingerprint density at radius 2 is 1.75 bits per heavy atom. The van der Waals surface area contributed by atoms with Crippen LogP contribution in [0, 0.1) is 20.8 Å². The Kier molecular flexibility index (Phi) is 2.97. The molecule has 0 unspecified atom stereocenters. The molecule has 0 atom stereocenters. The van der Waals surface area contributed by atoms with Gasteiger partial charge in [0, 0.05) is 16.6 Å². The lowest BCUT2D eigenvalue weighted by Crippen LogP contribution is -1.92. The molecule has 1 aromatic carbocycles. The number of nitrogens with zero attached hydrogens (tertiary/aromatic N) is 1. The van der Waals surface area contributed by atoms with Crippen LogP contribution in [0.25, 0.3) is 10.6 Å². The van der Waals surface area contributed by atoms with E-state index in [-0.39, 0.29) is 0 Å². The highest BCUT2D eigenvalue weighted by Crippen LogP contribution is 2.31. The molecule has 16 heavy (non-hydrogen) atoms. The number of rotatable bonds is 2. The monoisotopic (exact) mass is 233 g/mol. The van der Waals surface area contributed by atoms with Crippen molar-refractivity contribution < 1.29 is 4.74 Å². The van der Waals surface area contributed by atoms with Gasteiger partial charge >= 0.3 is 0 Å². The Labute approximate surface area is 99.9 Å². The van der Waals surface area contributed by atoms with Crippen molar-refractivity contribution in [3.8, 4) is 16.3 Å². The van der Waals surface area contributed by atoms with Crippen LogP contribution in [0.2, 0.25) is 0 Å². The first-order valence-corrected chi connectivity index (χ1v) is 6.07. The zero-order valence-corrected chi connectivity index (χ0v) is 10.8. The van der Waals surface area contributed by atoms with E-state index < -0.39 is 0 Å². The molecule has 0 amide bonds. The highest BCUT2D eigenvalue weighted by molar-refractivity contribution is 7.13. The first kappa shape index (κ1) is 11.1. The van der Waals surface area contributed by atoms with E-state index in [1.54, 1.807) is 18.4 Å². The van der Waals surface area contributed by atoms with Gasteiger partial charge in [-0.1, -0.05) is 0 Å². The number of aromatic nitrogens is 1. The molecule has 0 aliphatic heterocycles. The van der Waals surface area contributed by atoms with Gasteiger partial charge in [0.2, 0.25) is 0 Å². The Hall–Kier alpha value is -1.35. The molecule has 0 N–H and O–H groups in total. The second kappa shape index (κ2) is 4.26. The summed E-state index contributed by atoms with van der Waals surface area (Å²) in [4.78, 5) is 4.50. The minimum atomic E-state index is 0.969. The number of methoxy groups -OCH3 is 1. The van der Waals surface area contributed by atoms with Crippen LogP contribution < -0.4 is 4.74 Å². The fourth-order valence-electron chi connectivity index (χ4n) is 1.88. The van der Waals surface area contributed by atoms with Gasteiger partial charge in [-0.25, -0.2) is 4.98 Å². The van der Waals surface area contributed by atoms with Crippen molar-refractivity contribution >= 4 is 11.3 Å². The van der Waals surface area contributed by atoms with E-state index in [0.717, 1.165) is 27.6 Å². The van der Waals surface area contributed by atoms with Gasteiger partial charge in [0.25, 0.3) is 0 Å². The molecule has 2 aromatic rings. The topological polar surface area (TPSA) is 22.1 Å². The fraction of sp³-hybridized carbons (Fsp3) is 0.308. The van der Waals surface area contributed by atoms with E-state index in [1.165, 1.54) is 5.56 Å². The lowest BCUT2D eigenvalue weighted by atomic mass is 10.1. The molecular weight excluding hydrogens is 218 g/mol. The average Bonchev–Trinajstić information content (AvgIpc) is 2.64. The first-order chi connectivity index (χ1) is 7.61. The number of thiazole rings is 1. The molecule has 0 radical (unpaired) electrons. The minimum Gasteiger partial charge on any atom is -0.496 e. The molecule has 0 saturated heterocycles. The van der Waals surface area contributed by atoms with Crippen molar-refractivity contribution in [2.24, 2.45) is 0 Å². The standard InChI is InChI=1S/C13H15NOS/c1-8-5-11(6-9(2)12(8)15-4)13-14-10(3)7-16-13/h5-7H,1-4H3. The summed E-state index contributed by atoms with van der Waals surface area (Å²) >= 11 is 1.68. The predicted octanol–water partition coefficient (Wildman–Crippen LogP) is 3.74. The SMILES string of the molecule is COc1c(C)cc(-c2nc(C)cs2)cc1C. The summed E-state index contributed by atoms with van der Waals surface area (Å²) in [7, 11) is 1.71. The van der Waals surface area contributed by atoms with Crippen LogP contribution in [0.3, 0.4) is 0 Å². The maximum absolute atomic E-state index is 5.35. The molecule has 0 bridgehead atoms. The van der Waals surface area contributed by atoms with E-state index in [4.69, 9.17) is 4.74 Å². The summed E-state index contributed by atoms with van der Waals surface area (Å²) in [6.07, 6.45) is 0. The van der Waals surface area contributed by atoms with Crippen molar-refractivity contribution in [3.05, 3.63) is 34.3 Å². The van der Waals surface area contributed by atoms with Crippen molar-refractivity contribution in [3.63, 3.8) is 0 Å². The normalized spacial score (nSPS) is 10.5. The zero-order chi connectivity index (χ0) is 11.7. The third kappa shape index (κ3) is 1.95. The molecule has 0 aliphatic rings. The Bertz CT molecular complexity index is 493. The van der Waals surface area contributed by atoms with Crippen LogP contribution >= 0.6 is 11.3 Å². The van der Waals surface area contributed by atoms with Crippen LogP contribution in [-0.4, -0.2) is 12.1 Å². The predicted molar refractivity (Wildman–Crippen MR) is 68.3 cm³/mol. The average molecular weight is 233 g/mol. The summed E-state index contributed by atoms with van der Waals surface area (Å²) in [5.41, 5.74) is 4.57. The van der Waals surface area contributed by atoms with Gasteiger partial charge in [-0.15, -0.1) is 11.3 Å². The van der Waals surface area contributed by atoms with Crippen molar-refractivity contribution in [1.82, 2.24) is 4.98 Å². The Morgan fingerprint density at radius 1 is 1.12 bits per heavy atom. The highest BCUT2D eigenvalue weighted by atomic mass is 32.1. The van der Waals surface area contributed by atoms with Gasteiger partial charge in [0.05, 0.1) is 7.11 Å². The zero-order valence-electron chi connectivity index (χ0n) is 10.00. The summed E-state index contributed by atoms with van der Waals surface area (Å²) in [5, 5.41) is 3.15. The molecule has 1 aromatic heterocycles. The number of ether oxygens (including phenoxy) is 1. The highest BCUT2D eigenvalue weighted by Gasteiger charge is 2.08. The summed E-state index contributed by atoms with van der Waals surface area (Å²) < 4.78 is 5.35. The van der Waals surface area contributed by atoms with Crippen LogP contribution in [0.15, 0.2) is 17.5 Å². The van der Waals surface area contributed by atoms with Crippen molar-refractivity contribution in [2.75, 3.05) is 7.11 Å². The summed E-state index contributed by atoms with van der Waals surface area (Å²) in [5.74, 6) is 0.969. The van der Waals surface area contributed by atoms with Gasteiger partial charge in [-0.2, -0.15) is 0 Å². The molecule has 2 nitrogen and oxygen atoms in total. The van der Waals surface area contributed by atoms with Crippen LogP contribution in [0.4, 0.5) is 0 Å². The maximum atomic E-state index is 5.35. The number of aryl methyl sites for hydroxylation is 3. The summed E-state index contributed by atoms with van der Waals surface area (Å²) in [6.45, 7) is 6.15. The lowest BCUT2D eigenvalue weighted by Gasteiger charge is -2.09. The second-order valence-electron chi connectivity index (χ2n) is 3.94. The van der Waals surface area contributed by atoms with Gasteiger partial charge in [-0.05, 0) is 44.0 Å². The molecule has 2 rings (SSSR count). The van der Waals surface area contributed by atoms with Crippen molar-refractivity contribution in [2.45, 2.75) is 20.8 Å². The van der Waals surface area contributed by atoms with Gasteiger partial charge < -0.3 is 4.74 Å². The first-order valence-electron chi connectivity index (χ1n) is 5.19. The van der Waals surface area contributed by atoms with Crippen molar-refractivity contribution in [1.29, 1.82) is 0 Å². The molecule has 3 heteroatoms. The molecular formula is C13H15NOS. The number of hydrogen-bond donors (Lipinski definition) is 0. The van der Waals surface area contributed by atoms with E-state index in [2.05, 4.69) is 36.3 Å². The van der Waals surface area contributed by atoms with Gasteiger partial charge in [-0.3, -0.25) is 0 Å². The van der Waals surface area contributed by atoms with Crippen LogP contribution in [0.1, 0.15) is 16.8 Å². The minimum absolute atomic E-state index is 0.969. The maximum Gasteiger partial charge on any atom is 0.124 e. The number of hydrogen-bond acceptors (Lipinski definition) is 3. The quantitative estimate of drug-likeness (QED) is 0.788. The Balaban J connectivity index is 2.52. The number of benzene rings is 1. The fourth-order valence-corrected chi connectivity index (χ4v) is 2.67. The van der Waals surface area contributed by atoms with Gasteiger partial charge in [0.15, 0.2) is 0 Å². The van der Waals surface area contributed by atoms with E-state index >= 15 is 0 Å². The van der Waals surface area contributed by atoms with Crippen LogP contribution in [-0.2, 0) is 0 Å². The van der Waals surface area contributed by atoms with E-state index in [9.17, 15) is 0 Å². The van der Waals surface area contributed by atoms with E-state index in [1.807, 2.05) is 6.92 Å².